The van der Waals surface area contributed by atoms with Crippen molar-refractivity contribution >= 4 is 28.3 Å². The quantitative estimate of drug-likeness (QED) is 0.721. The zero-order valence-corrected chi connectivity index (χ0v) is 11.0. The molecule has 1 N–H and O–H groups in total. The summed E-state index contributed by atoms with van der Waals surface area (Å²) in [4.78, 5) is 19.6. The van der Waals surface area contributed by atoms with E-state index in [1.165, 1.54) is 0 Å². The van der Waals surface area contributed by atoms with E-state index in [4.69, 9.17) is 11.6 Å². The highest BCUT2D eigenvalue weighted by molar-refractivity contribution is 6.35. The van der Waals surface area contributed by atoms with E-state index in [-0.39, 0.29) is 5.78 Å². The molecule has 0 amide bonds. The number of aromatic amines is 1. The minimum atomic E-state index is -0.0933. The Morgan fingerprint density at radius 3 is 2.89 bits per heavy atom. The molecule has 94 valence electrons. The molecule has 0 saturated heterocycles. The van der Waals surface area contributed by atoms with Crippen LogP contribution in [0.4, 0.5) is 0 Å². The molecule has 0 atom stereocenters. The third-order valence-electron chi connectivity index (χ3n) is 3.10. The molecule has 0 radical (unpaired) electrons. The highest BCUT2D eigenvalue weighted by atomic mass is 35.5. The van der Waals surface area contributed by atoms with Gasteiger partial charge in [-0.1, -0.05) is 17.7 Å². The Hall–Kier alpha value is -2.13. The molecule has 0 saturated carbocycles. The van der Waals surface area contributed by atoms with Crippen molar-refractivity contribution in [3.63, 3.8) is 0 Å². The third kappa shape index (κ3) is 2.02. The second-order valence-electron chi connectivity index (χ2n) is 4.44. The Labute approximate surface area is 115 Å². The van der Waals surface area contributed by atoms with Crippen LogP contribution in [0.25, 0.3) is 10.9 Å². The number of nitrogens with one attached hydrogen (secondary N) is 1. The number of pyridine rings is 1. The van der Waals surface area contributed by atoms with Crippen molar-refractivity contribution in [1.82, 2.24) is 9.97 Å². The molecule has 2 aromatic heterocycles. The fourth-order valence-electron chi connectivity index (χ4n) is 2.10. The van der Waals surface area contributed by atoms with Gasteiger partial charge in [0.1, 0.15) is 0 Å². The molecule has 0 aliphatic heterocycles. The molecule has 0 spiro atoms. The molecule has 3 rings (SSSR count). The van der Waals surface area contributed by atoms with Gasteiger partial charge in [-0.25, -0.2) is 0 Å². The zero-order valence-electron chi connectivity index (χ0n) is 10.3. The highest BCUT2D eigenvalue weighted by Gasteiger charge is 2.16. The van der Waals surface area contributed by atoms with Gasteiger partial charge in [0.05, 0.1) is 5.02 Å². The minimum absolute atomic E-state index is 0.0933. The lowest BCUT2D eigenvalue weighted by molar-refractivity contribution is 0.104. The second kappa shape index (κ2) is 4.52. The lowest BCUT2D eigenvalue weighted by Crippen LogP contribution is -2.01. The molecule has 0 fully saturated rings. The maximum Gasteiger partial charge on any atom is 0.196 e. The number of aromatic nitrogens is 2. The van der Waals surface area contributed by atoms with Crippen LogP contribution in [0.5, 0.6) is 0 Å². The summed E-state index contributed by atoms with van der Waals surface area (Å²) in [5.41, 5.74) is 3.02. The van der Waals surface area contributed by atoms with E-state index in [9.17, 15) is 4.79 Å². The molecule has 4 heteroatoms. The lowest BCUT2D eigenvalue weighted by Gasteiger charge is -2.03. The van der Waals surface area contributed by atoms with Crippen molar-refractivity contribution in [2.45, 2.75) is 6.92 Å². The molecular formula is C15H11ClN2O. The first-order valence-electron chi connectivity index (χ1n) is 5.89. The fraction of sp³-hybridized carbons (Fsp3) is 0.0667. The number of ketones is 1. The number of hydrogen-bond acceptors (Lipinski definition) is 2. The molecular weight excluding hydrogens is 260 g/mol. The summed E-state index contributed by atoms with van der Waals surface area (Å²) < 4.78 is 0. The van der Waals surface area contributed by atoms with Gasteiger partial charge in [0.25, 0.3) is 0 Å². The van der Waals surface area contributed by atoms with Gasteiger partial charge in [0.2, 0.25) is 0 Å². The van der Waals surface area contributed by atoms with Gasteiger partial charge in [-0.3, -0.25) is 9.78 Å². The number of fused-ring (bicyclic) bond motifs is 1. The van der Waals surface area contributed by atoms with Crippen LogP contribution in [0.15, 0.2) is 42.9 Å². The zero-order chi connectivity index (χ0) is 13.4. The fourth-order valence-corrected chi connectivity index (χ4v) is 2.42. The number of hydrogen-bond donors (Lipinski definition) is 1. The van der Waals surface area contributed by atoms with E-state index in [1.807, 2.05) is 19.1 Å². The number of aryl methyl sites for hydroxylation is 1. The van der Waals surface area contributed by atoms with Crippen LogP contribution in [0.3, 0.4) is 0 Å². The average molecular weight is 271 g/mol. The maximum atomic E-state index is 12.5. The van der Waals surface area contributed by atoms with Gasteiger partial charge < -0.3 is 4.98 Å². The van der Waals surface area contributed by atoms with Crippen molar-refractivity contribution in [3.05, 3.63) is 64.6 Å². The minimum Gasteiger partial charge on any atom is -0.360 e. The second-order valence-corrected chi connectivity index (χ2v) is 4.84. The molecule has 0 aliphatic rings. The predicted octanol–water partition coefficient (Wildman–Crippen LogP) is 3.76. The van der Waals surface area contributed by atoms with E-state index in [0.29, 0.717) is 16.1 Å². The van der Waals surface area contributed by atoms with Crippen molar-refractivity contribution in [2.75, 3.05) is 0 Å². The van der Waals surface area contributed by atoms with Gasteiger partial charge in [0.15, 0.2) is 5.78 Å². The first-order valence-corrected chi connectivity index (χ1v) is 6.26. The van der Waals surface area contributed by atoms with Crippen LogP contribution < -0.4 is 0 Å². The standard InChI is InChI=1S/C15H11ClN2O/c1-9-2-3-10(13(16)6-9)15(19)12-8-18-14-4-5-17-7-11(12)14/h2-8,18H,1H3. The van der Waals surface area contributed by atoms with Gasteiger partial charge in [0, 0.05) is 40.6 Å². The monoisotopic (exact) mass is 270 g/mol. The van der Waals surface area contributed by atoms with E-state index < -0.39 is 0 Å². The van der Waals surface area contributed by atoms with Crippen LogP contribution in [-0.4, -0.2) is 15.8 Å². The largest absolute Gasteiger partial charge is 0.360 e. The first-order chi connectivity index (χ1) is 9.16. The normalized spacial score (nSPS) is 10.8. The summed E-state index contributed by atoms with van der Waals surface area (Å²) in [5, 5.41) is 1.28. The van der Waals surface area contributed by atoms with Crippen LogP contribution in [0, 0.1) is 6.92 Å². The topological polar surface area (TPSA) is 45.8 Å². The van der Waals surface area contributed by atoms with Gasteiger partial charge in [-0.05, 0) is 30.7 Å². The summed E-state index contributed by atoms with van der Waals surface area (Å²) in [7, 11) is 0. The van der Waals surface area contributed by atoms with Crippen LogP contribution in [-0.2, 0) is 0 Å². The Kier molecular flexibility index (Phi) is 2.84. The van der Waals surface area contributed by atoms with Gasteiger partial charge in [-0.2, -0.15) is 0 Å². The summed E-state index contributed by atoms with van der Waals surface area (Å²) in [5.74, 6) is -0.0933. The average Bonchev–Trinajstić information content (AvgIpc) is 2.82. The van der Waals surface area contributed by atoms with Crippen LogP contribution in [0.1, 0.15) is 21.5 Å². The van der Waals surface area contributed by atoms with Gasteiger partial charge in [-0.15, -0.1) is 0 Å². The van der Waals surface area contributed by atoms with E-state index in [2.05, 4.69) is 9.97 Å². The summed E-state index contributed by atoms with van der Waals surface area (Å²) >= 11 is 6.15. The molecule has 3 aromatic rings. The number of halogens is 1. The number of carbonyl (C=O) groups is 1. The molecule has 1 aromatic carbocycles. The molecule has 0 aliphatic carbocycles. The summed E-state index contributed by atoms with van der Waals surface area (Å²) in [6.07, 6.45) is 5.07. The highest BCUT2D eigenvalue weighted by Crippen LogP contribution is 2.24. The van der Waals surface area contributed by atoms with Crippen LogP contribution in [0.2, 0.25) is 5.02 Å². The summed E-state index contributed by atoms with van der Waals surface area (Å²) in [6, 6.07) is 7.27. The number of carbonyl (C=O) groups excluding carboxylic acids is 1. The van der Waals surface area contributed by atoms with E-state index in [1.54, 1.807) is 30.7 Å². The van der Waals surface area contributed by atoms with E-state index >= 15 is 0 Å². The number of H-pyrrole nitrogens is 1. The predicted molar refractivity (Wildman–Crippen MR) is 75.7 cm³/mol. The lowest BCUT2D eigenvalue weighted by atomic mass is 10.0. The number of nitrogens with zero attached hydrogens (tertiary/aromatic N) is 1. The Morgan fingerprint density at radius 1 is 1.26 bits per heavy atom. The van der Waals surface area contributed by atoms with Crippen molar-refractivity contribution in [2.24, 2.45) is 0 Å². The Balaban J connectivity index is 2.13. The molecule has 0 bridgehead atoms. The smallest absolute Gasteiger partial charge is 0.196 e. The number of rotatable bonds is 2. The van der Waals surface area contributed by atoms with Gasteiger partial charge >= 0.3 is 0 Å². The molecule has 0 unspecified atom stereocenters. The maximum absolute atomic E-state index is 12.5. The Morgan fingerprint density at radius 2 is 2.11 bits per heavy atom. The van der Waals surface area contributed by atoms with E-state index in [0.717, 1.165) is 16.5 Å². The first kappa shape index (κ1) is 11.9. The molecule has 19 heavy (non-hydrogen) atoms. The SMILES string of the molecule is Cc1ccc(C(=O)c2c[nH]c3ccncc23)c(Cl)c1. The summed E-state index contributed by atoms with van der Waals surface area (Å²) in [6.45, 7) is 1.94. The van der Waals surface area contributed by atoms with Crippen LogP contribution >= 0.6 is 11.6 Å². The van der Waals surface area contributed by atoms with Crippen molar-refractivity contribution in [1.29, 1.82) is 0 Å². The van der Waals surface area contributed by atoms with Crippen molar-refractivity contribution in [3.8, 4) is 0 Å². The number of benzene rings is 1. The van der Waals surface area contributed by atoms with Crippen molar-refractivity contribution < 1.29 is 4.79 Å². The Bertz CT molecular complexity index is 777. The third-order valence-corrected chi connectivity index (χ3v) is 3.41. The molecule has 2 heterocycles. The molecule has 3 nitrogen and oxygen atoms in total.